The van der Waals surface area contributed by atoms with Crippen molar-refractivity contribution >= 4 is 21.6 Å². The molecule has 0 radical (unpaired) electrons. The Balaban J connectivity index is 1.79. The molecule has 0 atom stereocenters. The molecule has 0 saturated carbocycles. The van der Waals surface area contributed by atoms with Gasteiger partial charge < -0.3 is 10.4 Å². The van der Waals surface area contributed by atoms with Gasteiger partial charge in [-0.1, -0.05) is 13.0 Å². The van der Waals surface area contributed by atoms with Crippen LogP contribution >= 0.6 is 0 Å². The zero-order chi connectivity index (χ0) is 22.1. The monoisotopic (exact) mass is 442 g/mol. The molecule has 1 amide bonds. The van der Waals surface area contributed by atoms with E-state index in [2.05, 4.69) is 5.32 Å². The Hall–Kier alpha value is -2.43. The van der Waals surface area contributed by atoms with Gasteiger partial charge in [-0.2, -0.15) is 4.31 Å². The molecule has 1 aliphatic heterocycles. The number of amides is 1. The molecule has 0 spiro atoms. The van der Waals surface area contributed by atoms with Gasteiger partial charge in [0.1, 0.15) is 0 Å². The van der Waals surface area contributed by atoms with Crippen molar-refractivity contribution in [2.24, 2.45) is 5.41 Å². The van der Waals surface area contributed by atoms with E-state index in [1.54, 1.807) is 0 Å². The number of benzene rings is 2. The van der Waals surface area contributed by atoms with Crippen LogP contribution in [0.4, 0.5) is 18.9 Å². The lowest BCUT2D eigenvalue weighted by Crippen LogP contribution is -2.43. The number of nitrogens with one attached hydrogen (secondary N) is 1. The summed E-state index contributed by atoms with van der Waals surface area (Å²) in [7, 11) is -3.87. The SMILES string of the molecule is CC1(CO)CCN(S(=O)(=O)c2cccc(C(=O)Nc3cc(F)c(F)c(F)c3)c2)CC1. The average Bonchev–Trinajstić information content (AvgIpc) is 2.72. The number of halogens is 3. The minimum absolute atomic E-state index is 0.0267. The lowest BCUT2D eigenvalue weighted by atomic mass is 9.82. The van der Waals surface area contributed by atoms with E-state index in [1.165, 1.54) is 28.6 Å². The molecule has 2 aromatic rings. The van der Waals surface area contributed by atoms with Gasteiger partial charge in [-0.25, -0.2) is 21.6 Å². The number of anilines is 1. The molecule has 1 aliphatic rings. The number of aliphatic hydroxyl groups is 1. The van der Waals surface area contributed by atoms with E-state index in [9.17, 15) is 31.5 Å². The highest BCUT2D eigenvalue weighted by Crippen LogP contribution is 2.32. The second-order valence-corrected chi connectivity index (χ2v) is 9.55. The molecule has 30 heavy (non-hydrogen) atoms. The van der Waals surface area contributed by atoms with Crippen LogP contribution in [0, 0.1) is 22.9 Å². The van der Waals surface area contributed by atoms with E-state index in [1.807, 2.05) is 6.92 Å². The van der Waals surface area contributed by atoms with Gasteiger partial charge in [-0.05, 0) is 36.5 Å². The molecule has 1 heterocycles. The van der Waals surface area contributed by atoms with Crippen LogP contribution in [0.1, 0.15) is 30.1 Å². The maximum atomic E-state index is 13.3. The Morgan fingerprint density at radius 1 is 1.13 bits per heavy atom. The van der Waals surface area contributed by atoms with Crippen LogP contribution in [0.15, 0.2) is 41.3 Å². The number of aliphatic hydroxyl groups excluding tert-OH is 1. The summed E-state index contributed by atoms with van der Waals surface area (Å²) >= 11 is 0. The van der Waals surface area contributed by atoms with Gasteiger partial charge in [0.2, 0.25) is 10.0 Å². The van der Waals surface area contributed by atoms with E-state index in [-0.39, 0.29) is 41.3 Å². The zero-order valence-electron chi connectivity index (χ0n) is 16.2. The molecule has 1 saturated heterocycles. The van der Waals surface area contributed by atoms with Gasteiger partial charge in [0.05, 0.1) is 4.90 Å². The number of nitrogens with zero attached hydrogens (tertiary/aromatic N) is 1. The van der Waals surface area contributed by atoms with E-state index >= 15 is 0 Å². The van der Waals surface area contributed by atoms with Crippen LogP contribution in [0.25, 0.3) is 0 Å². The van der Waals surface area contributed by atoms with Crippen LogP contribution in [0.3, 0.4) is 0 Å². The third-order valence-electron chi connectivity index (χ3n) is 5.29. The number of rotatable bonds is 5. The van der Waals surface area contributed by atoms with Crippen molar-refractivity contribution in [1.29, 1.82) is 0 Å². The van der Waals surface area contributed by atoms with E-state index in [0.29, 0.717) is 25.0 Å². The summed E-state index contributed by atoms with van der Waals surface area (Å²) in [5.74, 6) is -5.37. The fraction of sp³-hybridized carbons (Fsp3) is 0.350. The van der Waals surface area contributed by atoms with Gasteiger partial charge in [0, 0.05) is 43.1 Å². The number of piperidine rings is 1. The molecule has 0 unspecified atom stereocenters. The van der Waals surface area contributed by atoms with Crippen LogP contribution in [0.2, 0.25) is 0 Å². The normalized spacial score (nSPS) is 17.0. The first kappa shape index (κ1) is 22.3. The number of carbonyl (C=O) groups is 1. The quantitative estimate of drug-likeness (QED) is 0.697. The van der Waals surface area contributed by atoms with Gasteiger partial charge in [0.15, 0.2) is 17.5 Å². The zero-order valence-corrected chi connectivity index (χ0v) is 17.0. The predicted molar refractivity (Wildman–Crippen MR) is 104 cm³/mol. The van der Waals surface area contributed by atoms with Gasteiger partial charge >= 0.3 is 0 Å². The largest absolute Gasteiger partial charge is 0.396 e. The number of sulfonamides is 1. The first-order valence-electron chi connectivity index (χ1n) is 9.23. The molecule has 6 nitrogen and oxygen atoms in total. The molecule has 162 valence electrons. The first-order valence-corrected chi connectivity index (χ1v) is 10.7. The molecule has 0 aromatic heterocycles. The van der Waals surface area contributed by atoms with Crippen LogP contribution < -0.4 is 5.32 Å². The summed E-state index contributed by atoms with van der Waals surface area (Å²) < 4.78 is 66.9. The number of hydrogen-bond donors (Lipinski definition) is 2. The number of hydrogen-bond acceptors (Lipinski definition) is 4. The van der Waals surface area contributed by atoms with Gasteiger partial charge in [-0.3, -0.25) is 4.79 Å². The third-order valence-corrected chi connectivity index (χ3v) is 7.18. The van der Waals surface area contributed by atoms with E-state index in [0.717, 1.165) is 0 Å². The smallest absolute Gasteiger partial charge is 0.255 e. The summed E-state index contributed by atoms with van der Waals surface area (Å²) in [6.07, 6.45) is 1.01. The molecule has 3 rings (SSSR count). The van der Waals surface area contributed by atoms with Crippen LogP contribution in [0.5, 0.6) is 0 Å². The molecule has 2 aromatic carbocycles. The predicted octanol–water partition coefficient (Wildman–Crippen LogP) is 3.14. The first-order chi connectivity index (χ1) is 14.1. The Bertz CT molecular complexity index is 1040. The van der Waals surface area contributed by atoms with Crippen molar-refractivity contribution in [3.63, 3.8) is 0 Å². The Kier molecular flexibility index (Phi) is 6.21. The van der Waals surface area contributed by atoms with Crippen molar-refractivity contribution in [3.8, 4) is 0 Å². The lowest BCUT2D eigenvalue weighted by Gasteiger charge is -2.37. The van der Waals surface area contributed by atoms with Crippen LogP contribution in [-0.2, 0) is 10.0 Å². The van der Waals surface area contributed by atoms with Crippen molar-refractivity contribution in [1.82, 2.24) is 4.31 Å². The maximum Gasteiger partial charge on any atom is 0.255 e. The molecular formula is C20H21F3N2O4S. The van der Waals surface area contributed by atoms with Gasteiger partial charge in [0.25, 0.3) is 5.91 Å². The number of carbonyl (C=O) groups excluding carboxylic acids is 1. The fourth-order valence-electron chi connectivity index (χ4n) is 3.20. The Morgan fingerprint density at radius 3 is 2.30 bits per heavy atom. The Morgan fingerprint density at radius 2 is 1.73 bits per heavy atom. The molecule has 10 heteroatoms. The second kappa shape index (κ2) is 8.37. The van der Waals surface area contributed by atoms with E-state index < -0.39 is 33.4 Å². The highest BCUT2D eigenvalue weighted by Gasteiger charge is 2.35. The minimum atomic E-state index is -3.87. The standard InChI is InChI=1S/C20H21F3N2O4S/c1-20(12-26)5-7-25(8-6-20)30(28,29)15-4-2-3-13(9-15)19(27)24-14-10-16(21)18(23)17(22)11-14/h2-4,9-11,26H,5-8,12H2,1H3,(H,24,27). The van der Waals surface area contributed by atoms with Crippen molar-refractivity contribution in [2.75, 3.05) is 25.0 Å². The highest BCUT2D eigenvalue weighted by molar-refractivity contribution is 7.89. The third kappa shape index (κ3) is 4.50. The summed E-state index contributed by atoms with van der Waals surface area (Å²) in [6, 6.07) is 6.51. The Labute approximate surface area is 172 Å². The van der Waals surface area contributed by atoms with Crippen molar-refractivity contribution in [3.05, 3.63) is 59.4 Å². The summed E-state index contributed by atoms with van der Waals surface area (Å²) in [4.78, 5) is 12.3. The minimum Gasteiger partial charge on any atom is -0.396 e. The molecule has 0 aliphatic carbocycles. The van der Waals surface area contributed by atoms with Crippen molar-refractivity contribution in [2.45, 2.75) is 24.7 Å². The summed E-state index contributed by atoms with van der Waals surface area (Å²) in [5, 5.41) is 11.7. The highest BCUT2D eigenvalue weighted by atomic mass is 32.2. The molecular weight excluding hydrogens is 421 g/mol. The van der Waals surface area contributed by atoms with E-state index in [4.69, 9.17) is 0 Å². The topological polar surface area (TPSA) is 86.7 Å². The average molecular weight is 442 g/mol. The lowest BCUT2D eigenvalue weighted by molar-refractivity contribution is 0.0853. The van der Waals surface area contributed by atoms with Crippen molar-refractivity contribution < 1.29 is 31.5 Å². The summed E-state index contributed by atoms with van der Waals surface area (Å²) in [6.45, 7) is 2.35. The van der Waals surface area contributed by atoms with Crippen LogP contribution in [-0.4, -0.2) is 43.4 Å². The fourth-order valence-corrected chi connectivity index (χ4v) is 4.69. The molecule has 1 fully saturated rings. The second-order valence-electron chi connectivity index (χ2n) is 7.61. The summed E-state index contributed by atoms with van der Waals surface area (Å²) in [5.41, 5.74) is -0.671. The molecule has 2 N–H and O–H groups in total. The molecule has 0 bridgehead atoms. The van der Waals surface area contributed by atoms with Gasteiger partial charge in [-0.15, -0.1) is 0 Å². The maximum absolute atomic E-state index is 13.3.